The minimum atomic E-state index is -0.472. The van der Waals surface area contributed by atoms with Crippen LogP contribution in [0.25, 0.3) is 22.1 Å². The highest BCUT2D eigenvalue weighted by molar-refractivity contribution is 6.42. The van der Waals surface area contributed by atoms with Gasteiger partial charge in [-0.2, -0.15) is 0 Å². The third-order valence-corrected chi connectivity index (χ3v) is 5.32. The van der Waals surface area contributed by atoms with Gasteiger partial charge in [0, 0.05) is 10.9 Å². The van der Waals surface area contributed by atoms with Gasteiger partial charge in [0.2, 0.25) is 0 Å². The molecule has 1 heterocycles. The fraction of sp³-hybridized carbons (Fsp3) is 0.0435. The minimum Gasteiger partial charge on any atom is -0.495 e. The number of nitrogens with one attached hydrogen (secondary N) is 1. The van der Waals surface area contributed by atoms with E-state index >= 15 is 0 Å². The number of anilines is 1. The molecule has 0 saturated heterocycles. The topological polar surface area (TPSA) is 68.5 Å². The van der Waals surface area contributed by atoms with Crippen molar-refractivity contribution in [2.75, 3.05) is 12.4 Å². The molecule has 1 N–H and O–H groups in total. The number of hydrogen-bond donors (Lipinski definition) is 1. The Labute approximate surface area is 181 Å². The lowest BCUT2D eigenvalue weighted by Gasteiger charge is -2.12. The van der Waals surface area contributed by atoms with Gasteiger partial charge < -0.3 is 14.5 Å². The lowest BCUT2D eigenvalue weighted by molar-refractivity contribution is 0.102. The third kappa shape index (κ3) is 3.90. The Hall–Kier alpha value is -3.28. The largest absolute Gasteiger partial charge is 0.495 e. The molecule has 1 amide bonds. The molecule has 0 unspecified atom stereocenters. The van der Waals surface area contributed by atoms with Crippen molar-refractivity contribution < 1.29 is 13.9 Å². The first kappa shape index (κ1) is 20.0. The van der Waals surface area contributed by atoms with Gasteiger partial charge in [-0.15, -0.1) is 0 Å². The molecule has 4 rings (SSSR count). The summed E-state index contributed by atoms with van der Waals surface area (Å²) >= 11 is 11.9. The van der Waals surface area contributed by atoms with E-state index < -0.39 is 11.5 Å². The van der Waals surface area contributed by atoms with Crippen LogP contribution in [-0.4, -0.2) is 13.0 Å². The maximum absolute atomic E-state index is 12.7. The second-order valence-electron chi connectivity index (χ2n) is 6.48. The molecule has 4 aromatic rings. The summed E-state index contributed by atoms with van der Waals surface area (Å²) in [5.41, 5.74) is 1.73. The van der Waals surface area contributed by atoms with E-state index in [-0.39, 0.29) is 5.02 Å². The van der Waals surface area contributed by atoms with E-state index in [2.05, 4.69) is 5.32 Å². The fourth-order valence-electron chi connectivity index (χ4n) is 3.07. The first-order valence-electron chi connectivity index (χ1n) is 8.94. The maximum Gasteiger partial charge on any atom is 0.344 e. The van der Waals surface area contributed by atoms with Crippen LogP contribution in [0.3, 0.4) is 0 Å². The van der Waals surface area contributed by atoms with Gasteiger partial charge in [0.25, 0.3) is 5.91 Å². The van der Waals surface area contributed by atoms with Crippen molar-refractivity contribution in [3.8, 4) is 16.9 Å². The van der Waals surface area contributed by atoms with E-state index in [0.717, 1.165) is 5.39 Å². The van der Waals surface area contributed by atoms with Crippen LogP contribution >= 0.6 is 23.2 Å². The monoisotopic (exact) mass is 439 g/mol. The quantitative estimate of drug-likeness (QED) is 0.394. The number of amides is 1. The standard InChI is InChI=1S/C23H15Cl2NO4/c1-29-21-9-7-13(16-10-14-4-2-3-5-20(14)30-23(16)28)12-19(21)26-22(27)15-6-8-17(24)18(25)11-15/h2-12H,1H3,(H,26,27). The van der Waals surface area contributed by atoms with Crippen LogP contribution in [0.1, 0.15) is 10.4 Å². The Bertz CT molecular complexity index is 1330. The molecule has 0 atom stereocenters. The second kappa shape index (κ2) is 8.22. The van der Waals surface area contributed by atoms with Gasteiger partial charge in [0.1, 0.15) is 11.3 Å². The van der Waals surface area contributed by atoms with Crippen molar-refractivity contribution >= 4 is 45.8 Å². The van der Waals surface area contributed by atoms with Crippen LogP contribution in [0.2, 0.25) is 10.0 Å². The van der Waals surface area contributed by atoms with Gasteiger partial charge >= 0.3 is 5.63 Å². The van der Waals surface area contributed by atoms with Crippen molar-refractivity contribution in [2.45, 2.75) is 0 Å². The number of carbonyl (C=O) groups is 1. The molecule has 0 aliphatic heterocycles. The van der Waals surface area contributed by atoms with Crippen LogP contribution in [0, 0.1) is 0 Å². The molecule has 5 nitrogen and oxygen atoms in total. The number of rotatable bonds is 4. The SMILES string of the molecule is COc1ccc(-c2cc3ccccc3oc2=O)cc1NC(=O)c1ccc(Cl)c(Cl)c1. The van der Waals surface area contributed by atoms with Gasteiger partial charge in [-0.1, -0.05) is 47.5 Å². The molecule has 0 aliphatic rings. The Morgan fingerprint density at radius 1 is 0.967 bits per heavy atom. The molecule has 7 heteroatoms. The Balaban J connectivity index is 1.74. The smallest absolute Gasteiger partial charge is 0.344 e. The van der Waals surface area contributed by atoms with Crippen LogP contribution in [0.15, 0.2) is 75.9 Å². The van der Waals surface area contributed by atoms with Crippen molar-refractivity contribution in [1.29, 1.82) is 0 Å². The summed E-state index contributed by atoms with van der Waals surface area (Å²) in [6.45, 7) is 0. The van der Waals surface area contributed by atoms with Crippen molar-refractivity contribution in [3.63, 3.8) is 0 Å². The fourth-order valence-corrected chi connectivity index (χ4v) is 3.37. The highest BCUT2D eigenvalue weighted by atomic mass is 35.5. The highest BCUT2D eigenvalue weighted by Gasteiger charge is 2.15. The molecule has 30 heavy (non-hydrogen) atoms. The zero-order chi connectivity index (χ0) is 21.3. The summed E-state index contributed by atoms with van der Waals surface area (Å²) in [5.74, 6) is 0.0481. The van der Waals surface area contributed by atoms with Gasteiger partial charge in [0.05, 0.1) is 28.4 Å². The average molecular weight is 440 g/mol. The Morgan fingerprint density at radius 2 is 1.77 bits per heavy atom. The molecule has 0 radical (unpaired) electrons. The molecule has 0 bridgehead atoms. The number of ether oxygens (including phenoxy) is 1. The summed E-state index contributed by atoms with van der Waals surface area (Å²) in [6.07, 6.45) is 0. The van der Waals surface area contributed by atoms with Crippen molar-refractivity contribution in [1.82, 2.24) is 0 Å². The van der Waals surface area contributed by atoms with E-state index in [9.17, 15) is 9.59 Å². The van der Waals surface area contributed by atoms with Gasteiger partial charge in [0.15, 0.2) is 0 Å². The molecule has 0 fully saturated rings. The number of benzene rings is 3. The van der Waals surface area contributed by atoms with E-state index in [1.54, 1.807) is 48.5 Å². The Morgan fingerprint density at radius 3 is 2.53 bits per heavy atom. The predicted molar refractivity (Wildman–Crippen MR) is 119 cm³/mol. The van der Waals surface area contributed by atoms with E-state index in [4.69, 9.17) is 32.4 Å². The minimum absolute atomic E-state index is 0.277. The number of para-hydroxylation sites is 1. The van der Waals surface area contributed by atoms with Crippen LogP contribution in [0.5, 0.6) is 5.75 Å². The van der Waals surface area contributed by atoms with Crippen molar-refractivity contribution in [3.05, 3.63) is 92.8 Å². The zero-order valence-electron chi connectivity index (χ0n) is 15.7. The lowest BCUT2D eigenvalue weighted by Crippen LogP contribution is -2.13. The summed E-state index contributed by atoms with van der Waals surface area (Å²) in [7, 11) is 1.49. The second-order valence-corrected chi connectivity index (χ2v) is 7.30. The molecule has 0 spiro atoms. The summed E-state index contributed by atoms with van der Waals surface area (Å²) < 4.78 is 10.8. The van der Waals surface area contributed by atoms with Crippen LogP contribution in [-0.2, 0) is 0 Å². The van der Waals surface area contributed by atoms with Gasteiger partial charge in [-0.3, -0.25) is 4.79 Å². The third-order valence-electron chi connectivity index (χ3n) is 4.58. The van der Waals surface area contributed by atoms with Gasteiger partial charge in [-0.05, 0) is 48.0 Å². The molecular weight excluding hydrogens is 425 g/mol. The number of carbonyl (C=O) groups excluding carboxylic acids is 1. The predicted octanol–water partition coefficient (Wildman–Crippen LogP) is 6.03. The number of halogens is 2. The molecular formula is C23H15Cl2NO4. The van der Waals surface area contributed by atoms with E-state index in [1.807, 2.05) is 12.1 Å². The molecule has 3 aromatic carbocycles. The summed E-state index contributed by atoms with van der Waals surface area (Å²) in [6, 6.07) is 18.7. The molecule has 0 aliphatic carbocycles. The molecule has 1 aromatic heterocycles. The van der Waals surface area contributed by atoms with Gasteiger partial charge in [-0.25, -0.2) is 4.79 Å². The molecule has 150 valence electrons. The number of hydrogen-bond acceptors (Lipinski definition) is 4. The van der Waals surface area contributed by atoms with Crippen LogP contribution in [0.4, 0.5) is 5.69 Å². The molecule has 0 saturated carbocycles. The van der Waals surface area contributed by atoms with Crippen molar-refractivity contribution in [2.24, 2.45) is 0 Å². The zero-order valence-corrected chi connectivity index (χ0v) is 17.3. The summed E-state index contributed by atoms with van der Waals surface area (Å²) in [4.78, 5) is 25.2. The maximum atomic E-state index is 12.7. The van der Waals surface area contributed by atoms with E-state index in [0.29, 0.717) is 38.7 Å². The first-order valence-corrected chi connectivity index (χ1v) is 9.69. The average Bonchev–Trinajstić information content (AvgIpc) is 2.75. The van der Waals surface area contributed by atoms with Crippen LogP contribution < -0.4 is 15.7 Å². The highest BCUT2D eigenvalue weighted by Crippen LogP contribution is 2.31. The Kier molecular flexibility index (Phi) is 5.48. The first-order chi connectivity index (χ1) is 14.5. The summed E-state index contributed by atoms with van der Waals surface area (Å²) in [5, 5.41) is 4.22. The number of methoxy groups -OCH3 is 1. The normalized spacial score (nSPS) is 10.8. The van der Waals surface area contributed by atoms with E-state index in [1.165, 1.54) is 13.2 Å². The number of fused-ring (bicyclic) bond motifs is 1. The lowest BCUT2D eigenvalue weighted by atomic mass is 10.0.